The molecule has 8 heteroatoms. The second-order valence-corrected chi connectivity index (χ2v) is 6.45. The van der Waals surface area contributed by atoms with Crippen molar-refractivity contribution in [3.8, 4) is 0 Å². The Morgan fingerprint density at radius 1 is 1.42 bits per heavy atom. The van der Waals surface area contributed by atoms with Crippen LogP contribution in [0.15, 0.2) is 11.3 Å². The Balaban J connectivity index is 0.00000208. The molecule has 0 spiro atoms. The first kappa shape index (κ1) is 20.5. The van der Waals surface area contributed by atoms with Crippen molar-refractivity contribution in [1.82, 2.24) is 4.90 Å². The van der Waals surface area contributed by atoms with Crippen molar-refractivity contribution in [2.45, 2.75) is 44.4 Å². The molecule has 1 saturated heterocycles. The predicted octanol–water partition coefficient (Wildman–Crippen LogP) is -3.95. The second-order valence-electron chi connectivity index (χ2n) is 6.45. The van der Waals surface area contributed by atoms with E-state index in [1.165, 1.54) is 4.90 Å². The number of aliphatic hydroxyl groups excluding tert-OH is 1. The van der Waals surface area contributed by atoms with Gasteiger partial charge in [0.05, 0.1) is 49.0 Å². The normalized spacial score (nSPS) is 32.6. The predicted molar refractivity (Wildman–Crippen MR) is 76.8 cm³/mol. The molecule has 0 radical (unpaired) electrons. The van der Waals surface area contributed by atoms with Crippen molar-refractivity contribution in [3.63, 3.8) is 0 Å². The van der Waals surface area contributed by atoms with Gasteiger partial charge >= 0.3 is 51.4 Å². The summed E-state index contributed by atoms with van der Waals surface area (Å²) in [4.78, 5) is 25.2. The molecule has 1 N–H and O–H groups in total. The zero-order chi connectivity index (χ0) is 16.7. The number of rotatable bonds is 6. The topological polar surface area (TPSA) is 99.1 Å². The number of nitrogens with zero attached hydrogens (tertiary/aromatic N) is 1. The van der Waals surface area contributed by atoms with Crippen molar-refractivity contribution < 1.29 is 80.7 Å². The molecule has 0 aromatic heterocycles. The molecule has 128 valence electrons. The number of fused-ring (bicyclic) bond motifs is 3. The van der Waals surface area contributed by atoms with Crippen LogP contribution in [0, 0.1) is 11.8 Å². The molecule has 3 rings (SSSR count). The van der Waals surface area contributed by atoms with Crippen LogP contribution in [0.5, 0.6) is 0 Å². The SMILES string of the molecule is COCCO[C@H]1CCC[C@H]2C1=C(C(=O)[O-])N1C(=O)[C@H]([C@@H](C)O)[C@@H]21.[K+]. The molecule has 0 bridgehead atoms. The van der Waals surface area contributed by atoms with Crippen LogP contribution in [-0.4, -0.2) is 60.5 Å². The number of aliphatic hydroxyl groups is 1. The Morgan fingerprint density at radius 3 is 2.71 bits per heavy atom. The minimum Gasteiger partial charge on any atom is -0.543 e. The van der Waals surface area contributed by atoms with E-state index >= 15 is 0 Å². The number of aliphatic carboxylic acids is 1. The van der Waals surface area contributed by atoms with E-state index in [0.29, 0.717) is 18.8 Å². The first-order valence-corrected chi connectivity index (χ1v) is 8.06. The summed E-state index contributed by atoms with van der Waals surface area (Å²) in [6.45, 7) is 2.37. The van der Waals surface area contributed by atoms with E-state index in [4.69, 9.17) is 9.47 Å². The first-order valence-electron chi connectivity index (χ1n) is 8.06. The summed E-state index contributed by atoms with van der Waals surface area (Å²) in [6.07, 6.45) is 1.30. The van der Waals surface area contributed by atoms with E-state index < -0.39 is 18.0 Å². The third kappa shape index (κ3) is 3.27. The average Bonchev–Trinajstić information content (AvgIpc) is 2.79. The van der Waals surface area contributed by atoms with Crippen LogP contribution in [0.4, 0.5) is 0 Å². The van der Waals surface area contributed by atoms with E-state index in [9.17, 15) is 19.8 Å². The van der Waals surface area contributed by atoms with Gasteiger partial charge < -0.3 is 29.4 Å². The summed E-state index contributed by atoms with van der Waals surface area (Å²) in [7, 11) is 1.58. The van der Waals surface area contributed by atoms with Gasteiger partial charge in [-0.05, 0) is 31.8 Å². The van der Waals surface area contributed by atoms with Gasteiger partial charge in [-0.3, -0.25) is 4.79 Å². The van der Waals surface area contributed by atoms with Crippen LogP contribution < -0.4 is 56.5 Å². The van der Waals surface area contributed by atoms with Crippen molar-refractivity contribution >= 4 is 11.9 Å². The van der Waals surface area contributed by atoms with Gasteiger partial charge in [-0.25, -0.2) is 0 Å². The van der Waals surface area contributed by atoms with Crippen molar-refractivity contribution in [1.29, 1.82) is 0 Å². The third-order valence-corrected chi connectivity index (χ3v) is 5.16. The Morgan fingerprint density at radius 2 is 2.12 bits per heavy atom. The fourth-order valence-corrected chi connectivity index (χ4v) is 4.27. The van der Waals surface area contributed by atoms with Crippen molar-refractivity contribution in [3.05, 3.63) is 11.3 Å². The van der Waals surface area contributed by atoms with E-state index in [1.807, 2.05) is 0 Å². The Hall–Kier alpha value is 0.196. The van der Waals surface area contributed by atoms with Gasteiger partial charge in [-0.2, -0.15) is 0 Å². The van der Waals surface area contributed by atoms with Gasteiger partial charge in [0, 0.05) is 13.0 Å². The molecule has 5 atom stereocenters. The van der Waals surface area contributed by atoms with Crippen molar-refractivity contribution in [2.24, 2.45) is 11.8 Å². The zero-order valence-corrected chi connectivity index (χ0v) is 17.5. The summed E-state index contributed by atoms with van der Waals surface area (Å²) in [5.41, 5.74) is 0.623. The molecular formula is C16H22KNO6. The first-order chi connectivity index (χ1) is 11.0. The van der Waals surface area contributed by atoms with Crippen molar-refractivity contribution in [2.75, 3.05) is 20.3 Å². The summed E-state index contributed by atoms with van der Waals surface area (Å²) in [5.74, 6) is -2.28. The molecule has 3 aliphatic rings. The van der Waals surface area contributed by atoms with Gasteiger partial charge in [0.1, 0.15) is 0 Å². The molecule has 0 unspecified atom stereocenters. The van der Waals surface area contributed by atoms with Crippen LogP contribution in [0.3, 0.4) is 0 Å². The summed E-state index contributed by atoms with van der Waals surface area (Å²) in [6, 6.07) is -0.278. The minimum atomic E-state index is -1.34. The summed E-state index contributed by atoms with van der Waals surface area (Å²) >= 11 is 0. The van der Waals surface area contributed by atoms with Crippen LogP contribution in [-0.2, 0) is 19.1 Å². The van der Waals surface area contributed by atoms with E-state index in [1.54, 1.807) is 14.0 Å². The van der Waals surface area contributed by atoms with Crippen LogP contribution in [0.2, 0.25) is 0 Å². The largest absolute Gasteiger partial charge is 1.00 e. The average molecular weight is 363 g/mol. The molecule has 1 aliphatic carbocycles. The number of ether oxygens (including phenoxy) is 2. The quantitative estimate of drug-likeness (QED) is 0.294. The summed E-state index contributed by atoms with van der Waals surface area (Å²) in [5, 5.41) is 21.5. The number of hydrogen-bond acceptors (Lipinski definition) is 6. The Bertz CT molecular complexity index is 549. The van der Waals surface area contributed by atoms with Gasteiger partial charge in [-0.1, -0.05) is 0 Å². The molecule has 2 heterocycles. The number of hydrogen-bond donors (Lipinski definition) is 1. The minimum absolute atomic E-state index is 0. The molecule has 1 saturated carbocycles. The van der Waals surface area contributed by atoms with Crippen LogP contribution in [0.1, 0.15) is 26.2 Å². The number of carbonyl (C=O) groups excluding carboxylic acids is 2. The molecule has 2 aliphatic heterocycles. The van der Waals surface area contributed by atoms with Gasteiger partial charge in [0.2, 0.25) is 5.91 Å². The number of carboxylic acids is 1. The maximum absolute atomic E-state index is 12.3. The smallest absolute Gasteiger partial charge is 0.543 e. The number of carboxylic acid groups (broad SMARTS) is 1. The van der Waals surface area contributed by atoms with Gasteiger partial charge in [0.15, 0.2) is 0 Å². The van der Waals surface area contributed by atoms with Gasteiger partial charge in [0.25, 0.3) is 0 Å². The fraction of sp³-hybridized carbons (Fsp3) is 0.750. The molecule has 7 nitrogen and oxygen atoms in total. The standard InChI is InChI=1S/C16H23NO6.K/c1-8(18)11-13-9-4-3-5-10(23-7-6-22-2)12(9)14(16(20)21)17(13)15(11)19;/h8-11,13,18H,3-7H2,1-2H3,(H,20,21);/q;+1/p-1/t8-,9+,10+,11-,13-;/m1./s1. The van der Waals surface area contributed by atoms with E-state index in [0.717, 1.165) is 19.3 Å². The molecule has 0 aromatic rings. The molecule has 24 heavy (non-hydrogen) atoms. The fourth-order valence-electron chi connectivity index (χ4n) is 4.27. The zero-order valence-electron chi connectivity index (χ0n) is 14.4. The number of carbonyl (C=O) groups is 2. The molecule has 0 aromatic carbocycles. The summed E-state index contributed by atoms with van der Waals surface area (Å²) < 4.78 is 10.8. The van der Waals surface area contributed by atoms with E-state index in [2.05, 4.69) is 0 Å². The number of amides is 1. The Labute approximate surface area is 183 Å². The second kappa shape index (κ2) is 8.26. The molecular weight excluding hydrogens is 341 g/mol. The monoisotopic (exact) mass is 363 g/mol. The number of methoxy groups -OCH3 is 1. The molecule has 2 fully saturated rings. The van der Waals surface area contributed by atoms with Crippen LogP contribution in [0.25, 0.3) is 0 Å². The van der Waals surface area contributed by atoms with E-state index in [-0.39, 0.29) is 81.1 Å². The molecule has 1 amide bonds. The Kier molecular flexibility index (Phi) is 7.06. The van der Waals surface area contributed by atoms with Crippen LogP contribution >= 0.6 is 0 Å². The maximum atomic E-state index is 12.3. The number of β-lactam (4-membered cyclic amide) rings is 1. The van der Waals surface area contributed by atoms with Gasteiger partial charge in [-0.15, -0.1) is 0 Å². The third-order valence-electron chi connectivity index (χ3n) is 5.16. The maximum Gasteiger partial charge on any atom is 1.00 e.